The van der Waals surface area contributed by atoms with Crippen molar-refractivity contribution in [1.82, 2.24) is 10.2 Å². The molecule has 0 radical (unpaired) electrons. The van der Waals surface area contributed by atoms with Gasteiger partial charge < -0.3 is 10.2 Å². The summed E-state index contributed by atoms with van der Waals surface area (Å²) in [5, 5.41) is 4.33. The van der Waals surface area contributed by atoms with Crippen molar-refractivity contribution < 1.29 is 0 Å². The van der Waals surface area contributed by atoms with Crippen molar-refractivity contribution in [3.8, 4) is 0 Å². The second-order valence-electron chi connectivity index (χ2n) is 4.45. The Balaban J connectivity index is 2.02. The number of hydrogen-bond acceptors (Lipinski definition) is 3. The lowest BCUT2D eigenvalue weighted by molar-refractivity contribution is 0.216. The summed E-state index contributed by atoms with van der Waals surface area (Å²) in [6.07, 6.45) is 4.93. The van der Waals surface area contributed by atoms with Crippen LogP contribution in [0.2, 0.25) is 0 Å². The summed E-state index contributed by atoms with van der Waals surface area (Å²) in [6, 6.07) is 0. The summed E-state index contributed by atoms with van der Waals surface area (Å²) in [7, 11) is 2.22. The molecule has 1 rings (SSSR count). The molecule has 1 atom stereocenters. The largest absolute Gasteiger partial charge is 0.315 e. The van der Waals surface area contributed by atoms with E-state index in [2.05, 4.69) is 30.4 Å². The molecule has 0 aromatic rings. The van der Waals surface area contributed by atoms with E-state index in [0.717, 1.165) is 17.7 Å². The highest BCUT2D eigenvalue weighted by Crippen LogP contribution is 2.14. The molecule has 0 aromatic heterocycles. The summed E-state index contributed by atoms with van der Waals surface area (Å²) in [5.74, 6) is 0.917. The minimum absolute atomic E-state index is 0.751. The van der Waals surface area contributed by atoms with Gasteiger partial charge in [-0.1, -0.05) is 6.92 Å². The highest BCUT2D eigenvalue weighted by Gasteiger charge is 2.15. The summed E-state index contributed by atoms with van der Waals surface area (Å²) in [5.41, 5.74) is 0. The highest BCUT2D eigenvalue weighted by atomic mass is 32.2. The van der Waals surface area contributed by atoms with Crippen LogP contribution in [-0.2, 0) is 0 Å². The Kier molecular flexibility index (Phi) is 5.90. The summed E-state index contributed by atoms with van der Waals surface area (Å²) >= 11 is 1.94. The van der Waals surface area contributed by atoms with Gasteiger partial charge in [0, 0.05) is 11.8 Å². The van der Waals surface area contributed by atoms with Crippen LogP contribution in [0.3, 0.4) is 0 Å². The third-order valence-electron chi connectivity index (χ3n) is 3.11. The number of hydrogen-bond donors (Lipinski definition) is 1. The van der Waals surface area contributed by atoms with Crippen LogP contribution in [0.4, 0.5) is 0 Å². The Morgan fingerprint density at radius 1 is 1.43 bits per heavy atom. The molecule has 3 heteroatoms. The van der Waals surface area contributed by atoms with Gasteiger partial charge in [-0.2, -0.15) is 11.8 Å². The average Bonchev–Trinajstić information content (AvgIpc) is 2.21. The third-order valence-corrected chi connectivity index (χ3v) is 4.08. The number of likely N-dealkylation sites (tertiary alicyclic amines) is 1. The molecule has 1 unspecified atom stereocenters. The van der Waals surface area contributed by atoms with Crippen LogP contribution in [0.5, 0.6) is 0 Å². The Hall–Kier alpha value is 0.270. The minimum Gasteiger partial charge on any atom is -0.315 e. The van der Waals surface area contributed by atoms with Crippen molar-refractivity contribution in [2.45, 2.75) is 25.0 Å². The molecule has 1 aliphatic heterocycles. The minimum atomic E-state index is 0.751. The van der Waals surface area contributed by atoms with Crippen molar-refractivity contribution in [1.29, 1.82) is 0 Å². The monoisotopic (exact) mass is 216 g/mol. The lowest BCUT2D eigenvalue weighted by atomic mass is 9.97. The van der Waals surface area contributed by atoms with E-state index in [1.54, 1.807) is 0 Å². The molecule has 0 aromatic carbocycles. The molecular formula is C11H24N2S. The molecule has 1 fully saturated rings. The van der Waals surface area contributed by atoms with E-state index in [-0.39, 0.29) is 0 Å². The SMILES string of the molecule is CSC(C)CNCC1CCN(C)CC1. The maximum absolute atomic E-state index is 3.58. The van der Waals surface area contributed by atoms with Gasteiger partial charge in [0.1, 0.15) is 0 Å². The quantitative estimate of drug-likeness (QED) is 0.752. The van der Waals surface area contributed by atoms with E-state index in [0.29, 0.717) is 0 Å². The Labute approximate surface area is 92.8 Å². The second kappa shape index (κ2) is 6.70. The van der Waals surface area contributed by atoms with E-state index < -0.39 is 0 Å². The highest BCUT2D eigenvalue weighted by molar-refractivity contribution is 7.99. The van der Waals surface area contributed by atoms with Gasteiger partial charge in [0.05, 0.1) is 0 Å². The number of nitrogens with zero attached hydrogens (tertiary/aromatic N) is 1. The van der Waals surface area contributed by atoms with Crippen LogP contribution >= 0.6 is 11.8 Å². The van der Waals surface area contributed by atoms with Gasteiger partial charge >= 0.3 is 0 Å². The number of nitrogens with one attached hydrogen (secondary N) is 1. The van der Waals surface area contributed by atoms with Crippen LogP contribution in [-0.4, -0.2) is 49.6 Å². The van der Waals surface area contributed by atoms with E-state index >= 15 is 0 Å². The lowest BCUT2D eigenvalue weighted by Crippen LogP contribution is -2.36. The molecular weight excluding hydrogens is 192 g/mol. The summed E-state index contributed by atoms with van der Waals surface area (Å²) < 4.78 is 0. The average molecular weight is 216 g/mol. The molecule has 84 valence electrons. The fraction of sp³-hybridized carbons (Fsp3) is 1.00. The maximum Gasteiger partial charge on any atom is 0.0141 e. The molecule has 1 aliphatic rings. The molecule has 1 saturated heterocycles. The molecule has 1 N–H and O–H groups in total. The Morgan fingerprint density at radius 3 is 2.64 bits per heavy atom. The fourth-order valence-electron chi connectivity index (χ4n) is 1.84. The van der Waals surface area contributed by atoms with Crippen LogP contribution in [0, 0.1) is 5.92 Å². The van der Waals surface area contributed by atoms with Crippen molar-refractivity contribution in [3.63, 3.8) is 0 Å². The van der Waals surface area contributed by atoms with Crippen molar-refractivity contribution in [3.05, 3.63) is 0 Å². The van der Waals surface area contributed by atoms with E-state index in [1.165, 1.54) is 32.5 Å². The number of piperidine rings is 1. The number of thioether (sulfide) groups is 1. The van der Waals surface area contributed by atoms with E-state index in [4.69, 9.17) is 0 Å². The van der Waals surface area contributed by atoms with Crippen LogP contribution in [0.1, 0.15) is 19.8 Å². The van der Waals surface area contributed by atoms with Gasteiger partial charge in [-0.25, -0.2) is 0 Å². The molecule has 0 saturated carbocycles. The number of rotatable bonds is 5. The Bertz CT molecular complexity index is 144. The predicted molar refractivity (Wildman–Crippen MR) is 66.1 cm³/mol. The standard InChI is InChI=1S/C11H24N2S/c1-10(14-3)8-12-9-11-4-6-13(2)7-5-11/h10-12H,4-9H2,1-3H3. The maximum atomic E-state index is 3.58. The zero-order valence-electron chi connectivity index (χ0n) is 9.75. The first-order chi connectivity index (χ1) is 6.72. The first-order valence-corrected chi connectivity index (χ1v) is 6.93. The Morgan fingerprint density at radius 2 is 2.07 bits per heavy atom. The van der Waals surface area contributed by atoms with Crippen LogP contribution in [0.25, 0.3) is 0 Å². The first kappa shape index (κ1) is 12.3. The molecule has 0 amide bonds. The van der Waals surface area contributed by atoms with Crippen LogP contribution < -0.4 is 5.32 Å². The predicted octanol–water partition coefficient (Wildman–Crippen LogP) is 1.67. The molecule has 0 spiro atoms. The van der Waals surface area contributed by atoms with Crippen LogP contribution in [0.15, 0.2) is 0 Å². The van der Waals surface area contributed by atoms with Gasteiger partial charge in [0.2, 0.25) is 0 Å². The van der Waals surface area contributed by atoms with Crippen molar-refractivity contribution in [2.75, 3.05) is 39.5 Å². The fourth-order valence-corrected chi connectivity index (χ4v) is 2.12. The van der Waals surface area contributed by atoms with Gasteiger partial charge in [-0.05, 0) is 51.7 Å². The molecule has 0 aliphatic carbocycles. The lowest BCUT2D eigenvalue weighted by Gasteiger charge is -2.29. The van der Waals surface area contributed by atoms with Crippen molar-refractivity contribution >= 4 is 11.8 Å². The first-order valence-electron chi connectivity index (χ1n) is 5.64. The van der Waals surface area contributed by atoms with Gasteiger partial charge in [0.15, 0.2) is 0 Å². The topological polar surface area (TPSA) is 15.3 Å². The smallest absolute Gasteiger partial charge is 0.0141 e. The zero-order valence-corrected chi connectivity index (χ0v) is 10.6. The molecule has 14 heavy (non-hydrogen) atoms. The van der Waals surface area contributed by atoms with Gasteiger partial charge in [-0.3, -0.25) is 0 Å². The third kappa shape index (κ3) is 4.67. The van der Waals surface area contributed by atoms with E-state index in [1.807, 2.05) is 11.8 Å². The molecule has 1 heterocycles. The van der Waals surface area contributed by atoms with E-state index in [9.17, 15) is 0 Å². The summed E-state index contributed by atoms with van der Waals surface area (Å²) in [6.45, 7) is 7.23. The van der Waals surface area contributed by atoms with Gasteiger partial charge in [0.25, 0.3) is 0 Å². The zero-order chi connectivity index (χ0) is 10.4. The van der Waals surface area contributed by atoms with Crippen molar-refractivity contribution in [2.24, 2.45) is 5.92 Å². The summed E-state index contributed by atoms with van der Waals surface area (Å²) in [4.78, 5) is 2.43. The normalized spacial score (nSPS) is 22.5. The van der Waals surface area contributed by atoms with Gasteiger partial charge in [-0.15, -0.1) is 0 Å². The second-order valence-corrected chi connectivity index (χ2v) is 5.73. The molecule has 2 nitrogen and oxygen atoms in total. The molecule has 0 bridgehead atoms.